The minimum Gasteiger partial charge on any atom is -0.275 e. The molecule has 3 heterocycles. The number of thiophene rings is 1. The Kier molecular flexibility index (Phi) is 4.62. The first kappa shape index (κ1) is 18.4. The maximum absolute atomic E-state index is 13.3. The van der Waals surface area contributed by atoms with Crippen LogP contribution in [0.4, 0.5) is 5.69 Å². The summed E-state index contributed by atoms with van der Waals surface area (Å²) in [6, 6.07) is 20.3. The van der Waals surface area contributed by atoms with Crippen LogP contribution in [0.5, 0.6) is 0 Å². The third-order valence-electron chi connectivity index (χ3n) is 5.31. The van der Waals surface area contributed by atoms with Crippen LogP contribution >= 0.6 is 22.9 Å². The van der Waals surface area contributed by atoms with Crippen LogP contribution in [0.25, 0.3) is 0 Å². The molecule has 2 aromatic carbocycles. The third-order valence-corrected chi connectivity index (χ3v) is 6.50. The van der Waals surface area contributed by atoms with Gasteiger partial charge in [0.05, 0.1) is 12.2 Å². The molecule has 2 aliphatic rings. The molecule has 1 aromatic heterocycles. The summed E-state index contributed by atoms with van der Waals surface area (Å²) in [5.74, 6) is -1.07. The molecule has 2 aliphatic heterocycles. The Hall–Kier alpha value is -2.67. The fourth-order valence-electron chi connectivity index (χ4n) is 3.95. The van der Waals surface area contributed by atoms with Gasteiger partial charge in [0.2, 0.25) is 5.91 Å². The van der Waals surface area contributed by atoms with E-state index in [0.29, 0.717) is 5.02 Å². The Balaban J connectivity index is 1.50. The van der Waals surface area contributed by atoms with Gasteiger partial charge in [0.15, 0.2) is 6.10 Å². The Morgan fingerprint density at radius 2 is 1.69 bits per heavy atom. The molecule has 2 saturated heterocycles. The average molecular weight is 425 g/mol. The first-order valence-electron chi connectivity index (χ1n) is 9.27. The molecule has 5 nitrogen and oxygen atoms in total. The van der Waals surface area contributed by atoms with Crippen LogP contribution in [0.3, 0.4) is 0 Å². The highest BCUT2D eigenvalue weighted by molar-refractivity contribution is 7.10. The van der Waals surface area contributed by atoms with Gasteiger partial charge in [-0.25, -0.2) is 5.06 Å². The summed E-state index contributed by atoms with van der Waals surface area (Å²) in [4.78, 5) is 34.8. The SMILES string of the molecule is O=C1[C@@H]2[C@H](ON(c3ccc(Cl)cc3)[C@H]2c2cccs2)C(=O)N1Cc1ccccc1. The number of anilines is 1. The molecule has 0 radical (unpaired) electrons. The molecule has 2 fully saturated rings. The van der Waals surface area contributed by atoms with Crippen molar-refractivity contribution in [2.75, 3.05) is 5.06 Å². The monoisotopic (exact) mass is 424 g/mol. The molecule has 2 amide bonds. The van der Waals surface area contributed by atoms with Crippen molar-refractivity contribution >= 4 is 40.4 Å². The van der Waals surface area contributed by atoms with Gasteiger partial charge in [-0.15, -0.1) is 11.3 Å². The minimum absolute atomic E-state index is 0.196. The Bertz CT molecular complexity index is 1040. The highest BCUT2D eigenvalue weighted by Gasteiger charge is 2.60. The molecule has 0 unspecified atom stereocenters. The lowest BCUT2D eigenvalue weighted by molar-refractivity contribution is -0.143. The van der Waals surface area contributed by atoms with Crippen molar-refractivity contribution in [3.8, 4) is 0 Å². The average Bonchev–Trinajstić information content (AvgIpc) is 3.44. The van der Waals surface area contributed by atoms with Crippen LogP contribution in [0.2, 0.25) is 5.02 Å². The van der Waals surface area contributed by atoms with Crippen LogP contribution < -0.4 is 5.06 Å². The lowest BCUT2D eigenvalue weighted by atomic mass is 9.95. The number of halogens is 1. The van der Waals surface area contributed by atoms with Crippen molar-refractivity contribution in [2.45, 2.75) is 18.7 Å². The van der Waals surface area contributed by atoms with Crippen molar-refractivity contribution in [3.05, 3.63) is 87.6 Å². The molecule has 0 N–H and O–H groups in total. The van der Waals surface area contributed by atoms with Crippen LogP contribution in [0.1, 0.15) is 16.5 Å². The van der Waals surface area contributed by atoms with E-state index in [1.54, 1.807) is 28.5 Å². The topological polar surface area (TPSA) is 49.9 Å². The molecule has 0 aliphatic carbocycles. The van der Waals surface area contributed by atoms with E-state index < -0.39 is 12.0 Å². The summed E-state index contributed by atoms with van der Waals surface area (Å²) >= 11 is 7.57. The lowest BCUT2D eigenvalue weighted by Crippen LogP contribution is -2.36. The first-order valence-corrected chi connectivity index (χ1v) is 10.5. The number of likely N-dealkylation sites (tertiary alicyclic amines) is 1. The summed E-state index contributed by atoms with van der Waals surface area (Å²) in [5, 5.41) is 4.26. The van der Waals surface area contributed by atoms with Crippen LogP contribution in [-0.2, 0) is 21.0 Å². The molecule has 146 valence electrons. The number of imide groups is 1. The fourth-order valence-corrected chi connectivity index (χ4v) is 4.93. The normalized spacial score (nSPS) is 23.7. The van der Waals surface area contributed by atoms with E-state index in [1.165, 1.54) is 4.90 Å². The van der Waals surface area contributed by atoms with Gasteiger partial charge >= 0.3 is 0 Å². The Labute approximate surface area is 177 Å². The van der Waals surface area contributed by atoms with Crippen LogP contribution in [-0.4, -0.2) is 22.8 Å². The van der Waals surface area contributed by atoms with Gasteiger partial charge < -0.3 is 0 Å². The number of nitrogens with zero attached hydrogens (tertiary/aromatic N) is 2. The van der Waals surface area contributed by atoms with E-state index >= 15 is 0 Å². The molecule has 7 heteroatoms. The van der Waals surface area contributed by atoms with E-state index in [4.69, 9.17) is 16.4 Å². The first-order chi connectivity index (χ1) is 14.1. The zero-order valence-electron chi connectivity index (χ0n) is 15.3. The largest absolute Gasteiger partial charge is 0.275 e. The predicted molar refractivity (Wildman–Crippen MR) is 111 cm³/mol. The number of amides is 2. The summed E-state index contributed by atoms with van der Waals surface area (Å²) in [5.41, 5.74) is 1.67. The maximum Gasteiger partial charge on any atom is 0.262 e. The molecule has 0 bridgehead atoms. The standard InChI is InChI=1S/C22H17ClN2O3S/c23-15-8-10-16(11-9-15)25-19(17-7-4-12-29-17)18-20(28-25)22(27)24(21(18)26)13-14-5-2-1-3-6-14/h1-12,18-20H,13H2/t18-,19-,20-/m0/s1. The van der Waals surface area contributed by atoms with Crippen molar-refractivity contribution in [3.63, 3.8) is 0 Å². The lowest BCUT2D eigenvalue weighted by Gasteiger charge is -2.27. The third kappa shape index (κ3) is 3.13. The number of fused-ring (bicyclic) bond motifs is 1. The molecule has 3 aromatic rings. The van der Waals surface area contributed by atoms with Gasteiger partial charge in [0.25, 0.3) is 5.91 Å². The van der Waals surface area contributed by atoms with Crippen LogP contribution in [0.15, 0.2) is 72.1 Å². The second-order valence-corrected chi connectivity index (χ2v) is 8.48. The zero-order valence-corrected chi connectivity index (χ0v) is 16.8. The smallest absolute Gasteiger partial charge is 0.262 e. The summed E-state index contributed by atoms with van der Waals surface area (Å²) in [6.45, 7) is 0.257. The van der Waals surface area contributed by atoms with Gasteiger partial charge in [-0.3, -0.25) is 19.3 Å². The van der Waals surface area contributed by atoms with Gasteiger partial charge in [0.1, 0.15) is 12.0 Å². The number of hydroxylamine groups is 1. The summed E-state index contributed by atoms with van der Waals surface area (Å²) in [6.07, 6.45) is -0.825. The molecule has 3 atom stereocenters. The van der Waals surface area contributed by atoms with Crippen molar-refractivity contribution in [1.82, 2.24) is 4.90 Å². The number of hydrogen-bond acceptors (Lipinski definition) is 5. The molecule has 0 spiro atoms. The highest BCUT2D eigenvalue weighted by atomic mass is 35.5. The minimum atomic E-state index is -0.825. The van der Waals surface area contributed by atoms with Gasteiger partial charge in [-0.1, -0.05) is 48.0 Å². The number of carbonyl (C=O) groups is 2. The Morgan fingerprint density at radius 3 is 2.38 bits per heavy atom. The number of benzene rings is 2. The second-order valence-electron chi connectivity index (χ2n) is 7.06. The van der Waals surface area contributed by atoms with Crippen molar-refractivity contribution in [2.24, 2.45) is 5.92 Å². The number of carbonyl (C=O) groups excluding carboxylic acids is 2. The quantitative estimate of drug-likeness (QED) is 0.581. The second kappa shape index (κ2) is 7.30. The molecule has 5 rings (SSSR count). The Morgan fingerprint density at radius 1 is 0.931 bits per heavy atom. The van der Waals surface area contributed by atoms with Crippen molar-refractivity contribution in [1.29, 1.82) is 0 Å². The van der Waals surface area contributed by atoms with E-state index in [9.17, 15) is 9.59 Å². The fraction of sp³-hybridized carbons (Fsp3) is 0.182. The summed E-state index contributed by atoms with van der Waals surface area (Å²) < 4.78 is 0. The predicted octanol–water partition coefficient (Wildman–Crippen LogP) is 4.45. The van der Waals surface area contributed by atoms with Crippen molar-refractivity contribution < 1.29 is 14.4 Å². The van der Waals surface area contributed by atoms with E-state index in [1.807, 2.05) is 60.0 Å². The van der Waals surface area contributed by atoms with Gasteiger partial charge in [0, 0.05) is 9.90 Å². The highest BCUT2D eigenvalue weighted by Crippen LogP contribution is 2.48. The van der Waals surface area contributed by atoms with E-state index in [2.05, 4.69) is 0 Å². The van der Waals surface area contributed by atoms with Gasteiger partial charge in [-0.2, -0.15) is 0 Å². The molecule has 29 heavy (non-hydrogen) atoms. The van der Waals surface area contributed by atoms with E-state index in [-0.39, 0.29) is 24.4 Å². The molecular formula is C22H17ClN2O3S. The number of hydrogen-bond donors (Lipinski definition) is 0. The van der Waals surface area contributed by atoms with E-state index in [0.717, 1.165) is 16.1 Å². The zero-order chi connectivity index (χ0) is 20.0. The maximum atomic E-state index is 13.3. The summed E-state index contributed by atoms with van der Waals surface area (Å²) in [7, 11) is 0. The molecule has 0 saturated carbocycles. The molecular weight excluding hydrogens is 408 g/mol. The van der Waals surface area contributed by atoms with Crippen LogP contribution in [0, 0.1) is 5.92 Å². The number of rotatable bonds is 4. The van der Waals surface area contributed by atoms with Gasteiger partial charge in [-0.05, 0) is 41.3 Å².